The number of benzene rings is 2. The van der Waals surface area contributed by atoms with Crippen molar-refractivity contribution >= 4 is 46.4 Å². The first-order valence-electron chi connectivity index (χ1n) is 10.2. The van der Waals surface area contributed by atoms with Crippen LogP contribution in [0.25, 0.3) is 0 Å². The van der Waals surface area contributed by atoms with Crippen molar-refractivity contribution in [2.45, 2.75) is 26.7 Å². The van der Waals surface area contributed by atoms with Crippen LogP contribution in [0.1, 0.15) is 26.7 Å². The van der Waals surface area contributed by atoms with Crippen LogP contribution in [0.15, 0.2) is 42.5 Å². The Balaban J connectivity index is 1.50. The van der Waals surface area contributed by atoms with Crippen LogP contribution < -0.4 is 10.2 Å². The number of carbonyl (C=O) groups excluding carboxylic acids is 2. The molecule has 2 aromatic rings. The summed E-state index contributed by atoms with van der Waals surface area (Å²) in [6.07, 6.45) is 0.442. The minimum absolute atomic E-state index is 0.0253. The van der Waals surface area contributed by atoms with Gasteiger partial charge in [-0.2, -0.15) is 0 Å². The van der Waals surface area contributed by atoms with Crippen LogP contribution >= 0.6 is 23.2 Å². The highest BCUT2D eigenvalue weighted by molar-refractivity contribution is 6.43. The molecule has 2 amide bonds. The summed E-state index contributed by atoms with van der Waals surface area (Å²) < 4.78 is 13.1. The first-order chi connectivity index (χ1) is 14.6. The molecule has 0 radical (unpaired) electrons. The Bertz CT molecular complexity index is 942. The van der Waals surface area contributed by atoms with Crippen molar-refractivity contribution in [3.05, 3.63) is 58.3 Å². The molecule has 3 rings (SSSR count). The highest BCUT2D eigenvalue weighted by atomic mass is 35.5. The lowest BCUT2D eigenvalue weighted by molar-refractivity contribution is -0.134. The highest BCUT2D eigenvalue weighted by Gasteiger charge is 2.29. The van der Waals surface area contributed by atoms with Gasteiger partial charge in [-0.25, -0.2) is 4.39 Å². The predicted molar refractivity (Wildman–Crippen MR) is 123 cm³/mol. The van der Waals surface area contributed by atoms with Crippen LogP contribution in [0.4, 0.5) is 15.8 Å². The number of nitrogens with one attached hydrogen (secondary N) is 1. The molecule has 1 aliphatic heterocycles. The smallest absolute Gasteiger partial charge is 0.224 e. The van der Waals surface area contributed by atoms with Crippen molar-refractivity contribution in [3.63, 3.8) is 0 Å². The summed E-state index contributed by atoms with van der Waals surface area (Å²) in [6, 6.07) is 11.4. The third-order valence-corrected chi connectivity index (χ3v) is 6.14. The lowest BCUT2D eigenvalue weighted by atomic mass is 9.84. The van der Waals surface area contributed by atoms with Gasteiger partial charge in [-0.05, 0) is 41.8 Å². The minimum Gasteiger partial charge on any atom is -0.368 e. The molecule has 0 spiro atoms. The van der Waals surface area contributed by atoms with E-state index in [-0.39, 0.29) is 30.5 Å². The number of carbonyl (C=O) groups is 2. The fourth-order valence-electron chi connectivity index (χ4n) is 3.68. The second kappa shape index (κ2) is 9.88. The molecule has 1 fully saturated rings. The quantitative estimate of drug-likeness (QED) is 0.635. The first kappa shape index (κ1) is 23.4. The molecule has 0 unspecified atom stereocenters. The summed E-state index contributed by atoms with van der Waals surface area (Å²) >= 11 is 12.1. The molecule has 0 aliphatic carbocycles. The molecule has 2 aromatic carbocycles. The van der Waals surface area contributed by atoms with Gasteiger partial charge in [0.25, 0.3) is 0 Å². The maximum atomic E-state index is 13.1. The second-order valence-corrected chi connectivity index (χ2v) is 9.30. The Morgan fingerprint density at radius 1 is 1.00 bits per heavy atom. The van der Waals surface area contributed by atoms with Crippen molar-refractivity contribution in [1.82, 2.24) is 4.90 Å². The number of hydrogen-bond acceptors (Lipinski definition) is 3. The molecule has 5 nitrogen and oxygen atoms in total. The van der Waals surface area contributed by atoms with Gasteiger partial charge in [0.2, 0.25) is 11.8 Å². The predicted octanol–water partition coefficient (Wildman–Crippen LogP) is 5.23. The minimum atomic E-state index is -0.514. The lowest BCUT2D eigenvalue weighted by Crippen LogP contribution is -2.49. The summed E-state index contributed by atoms with van der Waals surface area (Å²) in [7, 11) is 0. The van der Waals surface area contributed by atoms with Crippen molar-refractivity contribution in [3.8, 4) is 0 Å². The zero-order valence-electron chi connectivity index (χ0n) is 17.6. The van der Waals surface area contributed by atoms with Gasteiger partial charge in [0.1, 0.15) is 5.82 Å². The Hall–Kier alpha value is -2.31. The molecule has 31 heavy (non-hydrogen) atoms. The Labute approximate surface area is 192 Å². The van der Waals surface area contributed by atoms with E-state index in [0.29, 0.717) is 41.9 Å². The van der Waals surface area contributed by atoms with E-state index in [9.17, 15) is 14.0 Å². The Morgan fingerprint density at radius 2 is 1.65 bits per heavy atom. The maximum Gasteiger partial charge on any atom is 0.224 e. The molecule has 0 aromatic heterocycles. The number of anilines is 2. The van der Waals surface area contributed by atoms with E-state index in [1.54, 1.807) is 30.3 Å². The molecule has 1 aliphatic rings. The molecule has 8 heteroatoms. The number of hydrogen-bond donors (Lipinski definition) is 1. The van der Waals surface area contributed by atoms with Gasteiger partial charge in [-0.3, -0.25) is 9.59 Å². The summed E-state index contributed by atoms with van der Waals surface area (Å²) in [5.74, 6) is -0.457. The van der Waals surface area contributed by atoms with E-state index in [1.165, 1.54) is 12.1 Å². The molecule has 0 bridgehead atoms. The molecule has 1 heterocycles. The van der Waals surface area contributed by atoms with Crippen LogP contribution in [-0.4, -0.2) is 42.9 Å². The van der Waals surface area contributed by atoms with E-state index < -0.39 is 5.41 Å². The zero-order chi connectivity index (χ0) is 22.6. The summed E-state index contributed by atoms with van der Waals surface area (Å²) in [6.45, 7) is 6.36. The van der Waals surface area contributed by atoms with E-state index in [0.717, 1.165) is 5.69 Å². The summed E-state index contributed by atoms with van der Waals surface area (Å²) in [4.78, 5) is 29.3. The fraction of sp³-hybridized carbons (Fsp3) is 0.391. The van der Waals surface area contributed by atoms with Crippen LogP contribution in [0.5, 0.6) is 0 Å². The standard InChI is InChI=1S/C23H26Cl2FN3O2/c1-23(2,14-20(30)27-19-5-3-4-18(24)22(19)25)15-21(31)29-12-10-28(11-13-29)17-8-6-16(26)7-9-17/h3-9H,10-15H2,1-2H3,(H,27,30). The van der Waals surface area contributed by atoms with Crippen molar-refractivity contribution < 1.29 is 14.0 Å². The normalized spacial score (nSPS) is 14.5. The third kappa shape index (κ3) is 6.34. The molecule has 0 saturated carbocycles. The van der Waals surface area contributed by atoms with Crippen LogP contribution in [0.2, 0.25) is 10.0 Å². The lowest BCUT2D eigenvalue weighted by Gasteiger charge is -2.37. The van der Waals surface area contributed by atoms with E-state index >= 15 is 0 Å². The van der Waals surface area contributed by atoms with Gasteiger partial charge in [0.15, 0.2) is 0 Å². The Kier molecular flexibility index (Phi) is 7.44. The monoisotopic (exact) mass is 465 g/mol. The summed E-state index contributed by atoms with van der Waals surface area (Å²) in [5.41, 5.74) is 0.892. The van der Waals surface area contributed by atoms with Crippen LogP contribution in [0, 0.1) is 11.2 Å². The molecular weight excluding hydrogens is 440 g/mol. The average molecular weight is 466 g/mol. The zero-order valence-corrected chi connectivity index (χ0v) is 19.1. The Morgan fingerprint density at radius 3 is 2.29 bits per heavy atom. The SMILES string of the molecule is CC(C)(CC(=O)Nc1cccc(Cl)c1Cl)CC(=O)N1CCN(c2ccc(F)cc2)CC1. The summed E-state index contributed by atoms with van der Waals surface area (Å²) in [5, 5.41) is 3.44. The highest BCUT2D eigenvalue weighted by Crippen LogP contribution is 2.31. The number of nitrogens with zero attached hydrogens (tertiary/aromatic N) is 2. The largest absolute Gasteiger partial charge is 0.368 e. The average Bonchev–Trinajstić information content (AvgIpc) is 2.71. The van der Waals surface area contributed by atoms with Gasteiger partial charge in [0, 0.05) is 44.7 Å². The number of rotatable bonds is 6. The van der Waals surface area contributed by atoms with Gasteiger partial charge in [-0.15, -0.1) is 0 Å². The van der Waals surface area contributed by atoms with Crippen LogP contribution in [0.3, 0.4) is 0 Å². The van der Waals surface area contributed by atoms with Gasteiger partial charge >= 0.3 is 0 Å². The van der Waals surface area contributed by atoms with Crippen molar-refractivity contribution in [2.24, 2.45) is 5.41 Å². The molecule has 0 atom stereocenters. The molecular formula is C23H26Cl2FN3O2. The number of piperazine rings is 1. The number of halogens is 3. The van der Waals surface area contributed by atoms with E-state index in [4.69, 9.17) is 23.2 Å². The number of amides is 2. The van der Waals surface area contributed by atoms with Crippen molar-refractivity contribution in [2.75, 3.05) is 36.4 Å². The molecule has 1 N–H and O–H groups in total. The second-order valence-electron chi connectivity index (χ2n) is 8.51. The van der Waals surface area contributed by atoms with Gasteiger partial charge in [-0.1, -0.05) is 43.1 Å². The van der Waals surface area contributed by atoms with Gasteiger partial charge < -0.3 is 15.1 Å². The van der Waals surface area contributed by atoms with Crippen molar-refractivity contribution in [1.29, 1.82) is 0 Å². The maximum absolute atomic E-state index is 13.1. The molecule has 166 valence electrons. The molecule has 1 saturated heterocycles. The van der Waals surface area contributed by atoms with Gasteiger partial charge in [0.05, 0.1) is 15.7 Å². The topological polar surface area (TPSA) is 52.7 Å². The van der Waals surface area contributed by atoms with E-state index in [2.05, 4.69) is 10.2 Å². The first-order valence-corrected chi connectivity index (χ1v) is 10.9. The van der Waals surface area contributed by atoms with Crippen LogP contribution in [-0.2, 0) is 9.59 Å². The fourth-order valence-corrected chi connectivity index (χ4v) is 4.03. The van der Waals surface area contributed by atoms with E-state index in [1.807, 2.05) is 18.7 Å². The third-order valence-electron chi connectivity index (χ3n) is 5.32.